The van der Waals surface area contributed by atoms with Crippen molar-refractivity contribution in [1.82, 2.24) is 29.1 Å². The van der Waals surface area contributed by atoms with Crippen molar-refractivity contribution >= 4 is 22.9 Å². The Morgan fingerprint density at radius 1 is 1.03 bits per heavy atom. The van der Waals surface area contributed by atoms with Crippen molar-refractivity contribution in [2.24, 2.45) is 0 Å². The highest BCUT2D eigenvalue weighted by Gasteiger charge is 2.18. The summed E-state index contributed by atoms with van der Waals surface area (Å²) in [7, 11) is 1.64. The number of nitrogens with one attached hydrogen (secondary N) is 1. The predicted molar refractivity (Wildman–Crippen MR) is 125 cm³/mol. The van der Waals surface area contributed by atoms with Gasteiger partial charge in [-0.1, -0.05) is 13.8 Å². The number of pyridine rings is 2. The third-order valence-electron chi connectivity index (χ3n) is 5.35. The smallest absolute Gasteiger partial charge is 0.332 e. The Labute approximate surface area is 189 Å². The van der Waals surface area contributed by atoms with Crippen LogP contribution in [0.1, 0.15) is 37.0 Å². The minimum Gasteiger partial charge on any atom is -0.332 e. The number of hydrogen-bond acceptors (Lipinski definition) is 6. The summed E-state index contributed by atoms with van der Waals surface area (Å²) >= 11 is 0. The zero-order valence-corrected chi connectivity index (χ0v) is 18.8. The van der Waals surface area contributed by atoms with Crippen LogP contribution < -0.4 is 16.1 Å². The topological polar surface area (TPSA) is 119 Å². The monoisotopic (exact) mass is 447 g/mol. The number of aryl methyl sites for hydroxylation is 1. The number of imidazole rings is 1. The maximum atomic E-state index is 12.9. The van der Waals surface area contributed by atoms with E-state index in [1.807, 2.05) is 13.8 Å². The Morgan fingerprint density at radius 2 is 1.73 bits per heavy atom. The number of carbonyl (C=O) groups excluding carboxylic acids is 1. The second kappa shape index (κ2) is 9.19. The standard InChI is InChI=1S/C23H25N7O3/c1-4-12-29-20-18(22(32)30(13-5-2)23(29)33)26-19(27-20)16-6-7-17(25-14-16)28(3)21(31)15-8-10-24-11-9-15/h6-11,14H,4-5,12-13H2,1-3H3,(H,26,27). The van der Waals surface area contributed by atoms with E-state index in [0.717, 1.165) is 6.42 Å². The van der Waals surface area contributed by atoms with Gasteiger partial charge in [-0.3, -0.25) is 28.6 Å². The first-order valence-electron chi connectivity index (χ1n) is 10.8. The van der Waals surface area contributed by atoms with Gasteiger partial charge in [0.1, 0.15) is 17.2 Å². The zero-order chi connectivity index (χ0) is 23.5. The molecule has 4 heterocycles. The van der Waals surface area contributed by atoms with Gasteiger partial charge in [-0.15, -0.1) is 0 Å². The second-order valence-electron chi connectivity index (χ2n) is 7.68. The number of fused-ring (bicyclic) bond motifs is 1. The number of aromatic amines is 1. The maximum absolute atomic E-state index is 12.9. The molecule has 1 amide bonds. The fourth-order valence-electron chi connectivity index (χ4n) is 3.67. The molecule has 0 aliphatic carbocycles. The highest BCUT2D eigenvalue weighted by atomic mass is 16.2. The number of hydrogen-bond donors (Lipinski definition) is 1. The van der Waals surface area contributed by atoms with E-state index in [1.165, 1.54) is 14.0 Å². The summed E-state index contributed by atoms with van der Waals surface area (Å²) in [5, 5.41) is 0. The molecule has 0 saturated carbocycles. The lowest BCUT2D eigenvalue weighted by molar-refractivity contribution is 0.0992. The summed E-state index contributed by atoms with van der Waals surface area (Å²) in [5.41, 5.74) is 1.04. The van der Waals surface area contributed by atoms with Crippen molar-refractivity contribution in [3.63, 3.8) is 0 Å². The fourth-order valence-corrected chi connectivity index (χ4v) is 3.67. The van der Waals surface area contributed by atoms with Gasteiger partial charge in [-0.25, -0.2) is 14.8 Å². The van der Waals surface area contributed by atoms with E-state index in [1.54, 1.807) is 49.9 Å². The largest absolute Gasteiger partial charge is 0.332 e. The van der Waals surface area contributed by atoms with Gasteiger partial charge < -0.3 is 4.98 Å². The van der Waals surface area contributed by atoms with Crippen LogP contribution in [0, 0.1) is 0 Å². The lowest BCUT2D eigenvalue weighted by Crippen LogP contribution is -2.40. The second-order valence-corrected chi connectivity index (χ2v) is 7.68. The zero-order valence-electron chi connectivity index (χ0n) is 18.8. The van der Waals surface area contributed by atoms with Crippen molar-refractivity contribution in [2.45, 2.75) is 39.8 Å². The van der Waals surface area contributed by atoms with E-state index in [-0.39, 0.29) is 17.2 Å². The quantitative estimate of drug-likeness (QED) is 0.465. The van der Waals surface area contributed by atoms with Gasteiger partial charge in [0.15, 0.2) is 5.65 Å². The van der Waals surface area contributed by atoms with Gasteiger partial charge in [0.2, 0.25) is 0 Å². The molecule has 0 aromatic carbocycles. The SMILES string of the molecule is CCCn1c(=O)c2[nH]c(-c3ccc(N(C)C(=O)c4ccncc4)nc3)nc2n(CCC)c1=O. The molecule has 10 heteroatoms. The molecule has 0 atom stereocenters. The molecule has 33 heavy (non-hydrogen) atoms. The molecule has 0 fully saturated rings. The van der Waals surface area contributed by atoms with Crippen molar-refractivity contribution in [3.05, 3.63) is 69.3 Å². The molecule has 0 bridgehead atoms. The first-order valence-corrected chi connectivity index (χ1v) is 10.8. The van der Waals surface area contributed by atoms with Gasteiger partial charge in [0.25, 0.3) is 11.5 Å². The molecule has 0 aliphatic heterocycles. The summed E-state index contributed by atoms with van der Waals surface area (Å²) in [6.45, 7) is 4.69. The van der Waals surface area contributed by atoms with E-state index < -0.39 is 0 Å². The Balaban J connectivity index is 1.72. The molecule has 0 spiro atoms. The number of nitrogens with zero attached hydrogens (tertiary/aromatic N) is 6. The molecule has 0 radical (unpaired) electrons. The van der Waals surface area contributed by atoms with Crippen LogP contribution in [0.15, 0.2) is 52.4 Å². The van der Waals surface area contributed by atoms with Crippen LogP contribution in [-0.4, -0.2) is 42.0 Å². The molecule has 0 unspecified atom stereocenters. The molecule has 4 aromatic heterocycles. The molecule has 10 nitrogen and oxygen atoms in total. The Morgan fingerprint density at radius 3 is 2.36 bits per heavy atom. The van der Waals surface area contributed by atoms with Crippen LogP contribution in [0.4, 0.5) is 5.82 Å². The Kier molecular flexibility index (Phi) is 6.16. The number of aromatic nitrogens is 6. The van der Waals surface area contributed by atoms with Crippen molar-refractivity contribution < 1.29 is 4.79 Å². The van der Waals surface area contributed by atoms with E-state index >= 15 is 0 Å². The summed E-state index contributed by atoms with van der Waals surface area (Å²) < 4.78 is 2.79. The normalized spacial score (nSPS) is 11.1. The number of H-pyrrole nitrogens is 1. The lowest BCUT2D eigenvalue weighted by atomic mass is 10.2. The fraction of sp³-hybridized carbons (Fsp3) is 0.304. The predicted octanol–water partition coefficient (Wildman–Crippen LogP) is 2.44. The van der Waals surface area contributed by atoms with Crippen molar-refractivity contribution in [1.29, 1.82) is 0 Å². The average Bonchev–Trinajstić information content (AvgIpc) is 3.30. The first-order chi connectivity index (χ1) is 16.0. The highest BCUT2D eigenvalue weighted by Crippen LogP contribution is 2.21. The van der Waals surface area contributed by atoms with E-state index in [4.69, 9.17) is 0 Å². The Bertz CT molecular complexity index is 1400. The van der Waals surface area contributed by atoms with Crippen LogP contribution >= 0.6 is 0 Å². The van der Waals surface area contributed by atoms with Crippen molar-refractivity contribution in [3.8, 4) is 11.4 Å². The minimum atomic E-state index is -0.379. The molecule has 0 aliphatic rings. The number of rotatable bonds is 7. The van der Waals surface area contributed by atoms with Crippen LogP contribution in [0.5, 0.6) is 0 Å². The van der Waals surface area contributed by atoms with Gasteiger partial charge in [-0.2, -0.15) is 0 Å². The van der Waals surface area contributed by atoms with Gasteiger partial charge in [-0.05, 0) is 37.1 Å². The minimum absolute atomic E-state index is 0.207. The van der Waals surface area contributed by atoms with E-state index in [0.29, 0.717) is 53.4 Å². The number of amides is 1. The van der Waals surface area contributed by atoms with E-state index in [2.05, 4.69) is 19.9 Å². The maximum Gasteiger partial charge on any atom is 0.332 e. The summed E-state index contributed by atoms with van der Waals surface area (Å²) in [5.74, 6) is 0.689. The third-order valence-corrected chi connectivity index (χ3v) is 5.35. The van der Waals surface area contributed by atoms with Gasteiger partial charge in [0.05, 0.1) is 0 Å². The van der Waals surface area contributed by atoms with Crippen LogP contribution in [0.3, 0.4) is 0 Å². The van der Waals surface area contributed by atoms with Crippen LogP contribution in [0.25, 0.3) is 22.6 Å². The highest BCUT2D eigenvalue weighted by molar-refractivity contribution is 6.05. The first kappa shape index (κ1) is 22.1. The number of anilines is 1. The molecular weight excluding hydrogens is 422 g/mol. The van der Waals surface area contributed by atoms with E-state index in [9.17, 15) is 14.4 Å². The van der Waals surface area contributed by atoms with Crippen LogP contribution in [-0.2, 0) is 13.1 Å². The molecule has 1 N–H and O–H groups in total. The average molecular weight is 447 g/mol. The molecular formula is C23H25N7O3. The lowest BCUT2D eigenvalue weighted by Gasteiger charge is -2.16. The van der Waals surface area contributed by atoms with Gasteiger partial charge >= 0.3 is 5.69 Å². The van der Waals surface area contributed by atoms with Crippen molar-refractivity contribution in [2.75, 3.05) is 11.9 Å². The summed E-state index contributed by atoms with van der Waals surface area (Å²) in [6.07, 6.45) is 6.11. The molecule has 4 rings (SSSR count). The third kappa shape index (κ3) is 4.07. The molecule has 0 saturated heterocycles. The van der Waals surface area contributed by atoms with Crippen LogP contribution in [0.2, 0.25) is 0 Å². The Hall–Kier alpha value is -4.08. The number of carbonyl (C=O) groups is 1. The summed E-state index contributed by atoms with van der Waals surface area (Å²) in [6, 6.07) is 6.75. The van der Waals surface area contributed by atoms with Gasteiger partial charge in [0, 0.05) is 49.9 Å². The molecule has 4 aromatic rings. The summed E-state index contributed by atoms with van der Waals surface area (Å²) in [4.78, 5) is 55.8. The molecule has 170 valence electrons.